The van der Waals surface area contributed by atoms with Crippen molar-refractivity contribution in [2.75, 3.05) is 6.61 Å². The number of unbranched alkanes of at least 4 members (excludes halogenated alkanes) is 2. The first kappa shape index (κ1) is 20.6. The number of nitrogens with zero attached hydrogens (tertiary/aromatic N) is 2. The molecule has 0 amide bonds. The van der Waals surface area contributed by atoms with Crippen molar-refractivity contribution in [3.8, 4) is 5.75 Å². The standard InChI is InChI=1S/C23H26N2O4/c1-2-3-6-15-28-20-10-8-18(9-11-20)21(26)12-13-23(27)29-17-19-16-25-14-5-4-7-22(25)24-19/h4-5,7-11,14,16H,2-3,6,12-13,15,17H2,1H3. The van der Waals surface area contributed by atoms with Gasteiger partial charge in [0, 0.05) is 24.4 Å². The van der Waals surface area contributed by atoms with E-state index in [2.05, 4.69) is 11.9 Å². The van der Waals surface area contributed by atoms with E-state index in [1.54, 1.807) is 24.3 Å². The Morgan fingerprint density at radius 1 is 1.03 bits per heavy atom. The fourth-order valence-corrected chi connectivity index (χ4v) is 2.92. The van der Waals surface area contributed by atoms with Gasteiger partial charge in [0.25, 0.3) is 0 Å². The number of hydrogen-bond acceptors (Lipinski definition) is 5. The third-order valence-electron chi connectivity index (χ3n) is 4.54. The van der Waals surface area contributed by atoms with E-state index >= 15 is 0 Å². The lowest BCUT2D eigenvalue weighted by molar-refractivity contribution is -0.145. The topological polar surface area (TPSA) is 69.9 Å². The molecule has 0 atom stereocenters. The van der Waals surface area contributed by atoms with Crippen LogP contribution in [0.1, 0.15) is 55.1 Å². The van der Waals surface area contributed by atoms with Crippen LogP contribution >= 0.6 is 0 Å². The van der Waals surface area contributed by atoms with Crippen LogP contribution in [0.15, 0.2) is 54.9 Å². The van der Waals surface area contributed by atoms with Crippen molar-refractivity contribution in [1.82, 2.24) is 9.38 Å². The first-order valence-electron chi connectivity index (χ1n) is 10.00. The maximum absolute atomic E-state index is 12.3. The SMILES string of the molecule is CCCCCOc1ccc(C(=O)CCC(=O)OCc2cn3ccccc3n2)cc1. The monoisotopic (exact) mass is 394 g/mol. The van der Waals surface area contributed by atoms with Gasteiger partial charge in [-0.3, -0.25) is 9.59 Å². The van der Waals surface area contributed by atoms with E-state index in [1.807, 2.05) is 35.0 Å². The summed E-state index contributed by atoms with van der Waals surface area (Å²) in [6.07, 6.45) is 7.17. The van der Waals surface area contributed by atoms with Crippen LogP contribution in [0.5, 0.6) is 5.75 Å². The summed E-state index contributed by atoms with van der Waals surface area (Å²) in [5.41, 5.74) is 2.04. The number of esters is 1. The number of imidazole rings is 1. The molecular formula is C23H26N2O4. The Morgan fingerprint density at radius 3 is 2.62 bits per heavy atom. The van der Waals surface area contributed by atoms with E-state index in [-0.39, 0.29) is 25.2 Å². The van der Waals surface area contributed by atoms with Gasteiger partial charge in [0.05, 0.1) is 18.7 Å². The summed E-state index contributed by atoms with van der Waals surface area (Å²) in [6.45, 7) is 2.92. The quantitative estimate of drug-likeness (QED) is 0.270. The molecule has 0 aliphatic carbocycles. The van der Waals surface area contributed by atoms with Gasteiger partial charge in [-0.05, 0) is 42.8 Å². The lowest BCUT2D eigenvalue weighted by Crippen LogP contribution is -2.08. The molecule has 3 rings (SSSR count). The summed E-state index contributed by atoms with van der Waals surface area (Å²) in [5, 5.41) is 0. The van der Waals surface area contributed by atoms with Crippen LogP contribution in [0.2, 0.25) is 0 Å². The van der Waals surface area contributed by atoms with Gasteiger partial charge in [-0.25, -0.2) is 4.98 Å². The maximum Gasteiger partial charge on any atom is 0.306 e. The van der Waals surface area contributed by atoms with Crippen molar-refractivity contribution in [2.45, 2.75) is 45.6 Å². The van der Waals surface area contributed by atoms with Crippen molar-refractivity contribution < 1.29 is 19.1 Å². The summed E-state index contributed by atoms with van der Waals surface area (Å²) >= 11 is 0. The third-order valence-corrected chi connectivity index (χ3v) is 4.54. The number of hydrogen-bond donors (Lipinski definition) is 0. The fraction of sp³-hybridized carbons (Fsp3) is 0.348. The minimum atomic E-state index is -0.411. The van der Waals surface area contributed by atoms with Gasteiger partial charge < -0.3 is 13.9 Å². The minimum Gasteiger partial charge on any atom is -0.494 e. The first-order valence-corrected chi connectivity index (χ1v) is 10.00. The molecule has 0 saturated carbocycles. The van der Waals surface area contributed by atoms with Gasteiger partial charge in [0.15, 0.2) is 5.78 Å². The highest BCUT2D eigenvalue weighted by atomic mass is 16.5. The van der Waals surface area contributed by atoms with Crippen LogP contribution in [0.3, 0.4) is 0 Å². The summed E-state index contributed by atoms with van der Waals surface area (Å²) in [4.78, 5) is 28.6. The number of aromatic nitrogens is 2. The normalized spacial score (nSPS) is 10.8. The molecular weight excluding hydrogens is 368 g/mol. The predicted molar refractivity (Wildman–Crippen MR) is 110 cm³/mol. The smallest absolute Gasteiger partial charge is 0.306 e. The van der Waals surface area contributed by atoms with E-state index in [4.69, 9.17) is 9.47 Å². The molecule has 29 heavy (non-hydrogen) atoms. The summed E-state index contributed by atoms with van der Waals surface area (Å²) in [7, 11) is 0. The van der Waals surface area contributed by atoms with E-state index in [9.17, 15) is 9.59 Å². The highest BCUT2D eigenvalue weighted by Gasteiger charge is 2.11. The van der Waals surface area contributed by atoms with Crippen LogP contribution in [0.25, 0.3) is 5.65 Å². The van der Waals surface area contributed by atoms with Crippen LogP contribution in [0, 0.1) is 0 Å². The second-order valence-corrected chi connectivity index (χ2v) is 6.86. The zero-order chi connectivity index (χ0) is 20.5. The molecule has 0 spiro atoms. The molecule has 0 fully saturated rings. The number of carbonyl (C=O) groups is 2. The Bertz CT molecular complexity index is 914. The zero-order valence-corrected chi connectivity index (χ0v) is 16.7. The number of pyridine rings is 1. The third kappa shape index (κ3) is 6.17. The molecule has 0 aliphatic rings. The molecule has 0 saturated heterocycles. The Balaban J connectivity index is 1.40. The Morgan fingerprint density at radius 2 is 1.86 bits per heavy atom. The summed E-state index contributed by atoms with van der Waals surface area (Å²) in [5.74, 6) is 0.253. The van der Waals surface area contributed by atoms with Crippen molar-refractivity contribution >= 4 is 17.4 Å². The van der Waals surface area contributed by atoms with E-state index in [0.29, 0.717) is 17.9 Å². The average molecular weight is 394 g/mol. The van der Waals surface area contributed by atoms with Crippen LogP contribution in [-0.4, -0.2) is 27.7 Å². The number of ketones is 1. The maximum atomic E-state index is 12.3. The van der Waals surface area contributed by atoms with Gasteiger partial charge in [0.2, 0.25) is 0 Å². The van der Waals surface area contributed by atoms with Crippen molar-refractivity contribution in [1.29, 1.82) is 0 Å². The molecule has 6 heteroatoms. The minimum absolute atomic E-state index is 0.0431. The van der Waals surface area contributed by atoms with Gasteiger partial charge >= 0.3 is 5.97 Å². The molecule has 2 heterocycles. The van der Waals surface area contributed by atoms with Crippen molar-refractivity contribution in [3.63, 3.8) is 0 Å². The average Bonchev–Trinajstić information content (AvgIpc) is 3.17. The van der Waals surface area contributed by atoms with Crippen LogP contribution in [0.4, 0.5) is 0 Å². The number of Topliss-reactive ketones (excluding diaryl/α,β-unsaturated/α-hetero) is 1. The Kier molecular flexibility index (Phi) is 7.39. The largest absolute Gasteiger partial charge is 0.494 e. The molecule has 1 aromatic carbocycles. The van der Waals surface area contributed by atoms with Gasteiger partial charge in [0.1, 0.15) is 18.0 Å². The number of rotatable bonds is 11. The molecule has 152 valence electrons. The van der Waals surface area contributed by atoms with Crippen molar-refractivity contribution in [2.24, 2.45) is 0 Å². The first-order chi connectivity index (χ1) is 14.2. The Hall–Kier alpha value is -3.15. The Labute approximate surface area is 170 Å². The lowest BCUT2D eigenvalue weighted by atomic mass is 10.1. The summed E-state index contributed by atoms with van der Waals surface area (Å²) in [6, 6.07) is 12.7. The number of fused-ring (bicyclic) bond motifs is 1. The molecule has 0 unspecified atom stereocenters. The molecule has 6 nitrogen and oxygen atoms in total. The predicted octanol–water partition coefficient (Wildman–Crippen LogP) is 4.61. The van der Waals surface area contributed by atoms with Gasteiger partial charge in [-0.15, -0.1) is 0 Å². The van der Waals surface area contributed by atoms with Crippen molar-refractivity contribution in [3.05, 3.63) is 66.1 Å². The van der Waals surface area contributed by atoms with Crippen LogP contribution in [-0.2, 0) is 16.1 Å². The molecule has 0 bridgehead atoms. The molecule has 0 N–H and O–H groups in total. The summed E-state index contributed by atoms with van der Waals surface area (Å²) < 4.78 is 12.7. The number of carbonyl (C=O) groups excluding carboxylic acids is 2. The zero-order valence-electron chi connectivity index (χ0n) is 16.7. The van der Waals surface area contributed by atoms with E-state index in [0.717, 1.165) is 30.7 Å². The molecule has 2 aromatic heterocycles. The van der Waals surface area contributed by atoms with Gasteiger partial charge in [-0.2, -0.15) is 0 Å². The second kappa shape index (κ2) is 10.4. The van der Waals surface area contributed by atoms with E-state index < -0.39 is 5.97 Å². The van der Waals surface area contributed by atoms with Gasteiger partial charge in [-0.1, -0.05) is 25.8 Å². The fourth-order valence-electron chi connectivity index (χ4n) is 2.92. The van der Waals surface area contributed by atoms with E-state index in [1.165, 1.54) is 0 Å². The molecule has 0 aliphatic heterocycles. The van der Waals surface area contributed by atoms with Crippen LogP contribution < -0.4 is 4.74 Å². The lowest BCUT2D eigenvalue weighted by Gasteiger charge is -2.07. The number of ether oxygens (including phenoxy) is 2. The molecule has 0 radical (unpaired) electrons. The number of benzene rings is 1. The second-order valence-electron chi connectivity index (χ2n) is 6.86. The molecule has 3 aromatic rings. The highest BCUT2D eigenvalue weighted by Crippen LogP contribution is 2.15. The highest BCUT2D eigenvalue weighted by molar-refractivity contribution is 5.97.